The highest BCUT2D eigenvalue weighted by Crippen LogP contribution is 2.42. The zero-order chi connectivity index (χ0) is 17.7. The van der Waals surface area contributed by atoms with Gasteiger partial charge in [0, 0.05) is 6.54 Å². The Bertz CT molecular complexity index is 798. The second-order valence-electron chi connectivity index (χ2n) is 6.91. The van der Waals surface area contributed by atoms with Crippen molar-refractivity contribution in [2.75, 3.05) is 6.54 Å². The maximum Gasteiger partial charge on any atom is 0.409 e. The van der Waals surface area contributed by atoms with Crippen LogP contribution in [0, 0.1) is 12.3 Å². The van der Waals surface area contributed by atoms with Gasteiger partial charge in [-0.25, -0.2) is 5.01 Å². The molecule has 0 aliphatic carbocycles. The van der Waals surface area contributed by atoms with Gasteiger partial charge in [0.15, 0.2) is 6.04 Å². The predicted molar refractivity (Wildman–Crippen MR) is 86.1 cm³/mol. The van der Waals surface area contributed by atoms with Crippen LogP contribution in [-0.2, 0) is 4.79 Å². The number of carbonyl (C=O) groups is 1. The number of nitrogens with zero attached hydrogens (tertiary/aromatic N) is 1. The monoisotopic (exact) mass is 336 g/mol. The molecule has 2 aromatic carbocycles. The quantitative estimate of drug-likeness (QED) is 0.894. The summed E-state index contributed by atoms with van der Waals surface area (Å²) >= 11 is 0. The molecule has 0 spiro atoms. The topological polar surface area (TPSA) is 32.3 Å². The Morgan fingerprint density at radius 3 is 2.33 bits per heavy atom. The first-order chi connectivity index (χ1) is 11.1. The van der Waals surface area contributed by atoms with E-state index in [1.54, 1.807) is 32.0 Å². The van der Waals surface area contributed by atoms with E-state index in [-0.39, 0.29) is 12.1 Å². The number of alkyl halides is 3. The molecule has 0 aromatic heterocycles. The zero-order valence-electron chi connectivity index (χ0n) is 13.7. The molecule has 1 aliphatic heterocycles. The maximum absolute atomic E-state index is 13.9. The van der Waals surface area contributed by atoms with Crippen molar-refractivity contribution in [3.8, 4) is 0 Å². The summed E-state index contributed by atoms with van der Waals surface area (Å²) < 4.78 is 41.6. The third-order valence-electron chi connectivity index (χ3n) is 4.52. The van der Waals surface area contributed by atoms with Gasteiger partial charge in [0.1, 0.15) is 0 Å². The van der Waals surface area contributed by atoms with E-state index in [4.69, 9.17) is 0 Å². The SMILES string of the molecule is Cc1cccc2c(C(N3CC(C)(C)C(=O)N3)C(F)(F)F)cccc12. The highest BCUT2D eigenvalue weighted by Gasteiger charge is 2.51. The van der Waals surface area contributed by atoms with E-state index >= 15 is 0 Å². The van der Waals surface area contributed by atoms with Crippen molar-refractivity contribution in [1.29, 1.82) is 0 Å². The Morgan fingerprint density at radius 1 is 1.12 bits per heavy atom. The van der Waals surface area contributed by atoms with Crippen LogP contribution in [0.4, 0.5) is 13.2 Å². The van der Waals surface area contributed by atoms with Gasteiger partial charge in [-0.05, 0) is 42.7 Å². The predicted octanol–water partition coefficient (Wildman–Crippen LogP) is 4.12. The molecule has 0 saturated carbocycles. The van der Waals surface area contributed by atoms with Gasteiger partial charge >= 0.3 is 6.18 Å². The van der Waals surface area contributed by atoms with Gasteiger partial charge in [0.25, 0.3) is 0 Å². The molecular weight excluding hydrogens is 317 g/mol. The summed E-state index contributed by atoms with van der Waals surface area (Å²) in [7, 11) is 0. The van der Waals surface area contributed by atoms with E-state index in [2.05, 4.69) is 5.43 Å². The molecule has 3 nitrogen and oxygen atoms in total. The first-order valence-electron chi connectivity index (χ1n) is 7.74. The van der Waals surface area contributed by atoms with E-state index in [0.717, 1.165) is 16.0 Å². The van der Waals surface area contributed by atoms with Crippen LogP contribution in [0.2, 0.25) is 0 Å². The fourth-order valence-electron chi connectivity index (χ4n) is 3.23. The van der Waals surface area contributed by atoms with Crippen molar-refractivity contribution < 1.29 is 18.0 Å². The van der Waals surface area contributed by atoms with Crippen LogP contribution >= 0.6 is 0 Å². The molecule has 1 N–H and O–H groups in total. The molecule has 1 atom stereocenters. The molecule has 1 amide bonds. The Morgan fingerprint density at radius 2 is 1.75 bits per heavy atom. The highest BCUT2D eigenvalue weighted by atomic mass is 19.4. The molecule has 128 valence electrons. The van der Waals surface area contributed by atoms with Gasteiger partial charge in [-0.2, -0.15) is 13.2 Å². The van der Waals surface area contributed by atoms with Crippen LogP contribution in [0.5, 0.6) is 0 Å². The normalized spacial score (nSPS) is 19.5. The van der Waals surface area contributed by atoms with Crippen LogP contribution in [-0.4, -0.2) is 23.6 Å². The molecule has 1 heterocycles. The van der Waals surface area contributed by atoms with E-state index in [1.807, 2.05) is 19.1 Å². The summed E-state index contributed by atoms with van der Waals surface area (Å²) in [5.74, 6) is -0.395. The molecule has 2 aromatic rings. The molecule has 1 fully saturated rings. The van der Waals surface area contributed by atoms with Crippen molar-refractivity contribution >= 4 is 16.7 Å². The summed E-state index contributed by atoms with van der Waals surface area (Å²) in [5.41, 5.74) is 2.62. The number of hydrogen-bond acceptors (Lipinski definition) is 2. The number of benzene rings is 2. The number of amides is 1. The number of aryl methyl sites for hydroxylation is 1. The summed E-state index contributed by atoms with van der Waals surface area (Å²) in [6.45, 7) is 5.15. The largest absolute Gasteiger partial charge is 0.409 e. The molecule has 0 radical (unpaired) electrons. The van der Waals surface area contributed by atoms with Crippen LogP contribution in [0.1, 0.15) is 31.0 Å². The van der Waals surface area contributed by atoms with E-state index in [1.165, 1.54) is 6.07 Å². The standard InChI is InChI=1S/C18H19F3N2O/c1-11-6-4-8-13-12(11)7-5-9-14(13)15(18(19,20)21)23-10-17(2,3)16(24)22-23/h4-9,15H,10H2,1-3H3,(H,22,24). The lowest BCUT2D eigenvalue weighted by Gasteiger charge is -2.30. The van der Waals surface area contributed by atoms with Gasteiger partial charge in [-0.15, -0.1) is 0 Å². The first-order valence-corrected chi connectivity index (χ1v) is 7.74. The number of rotatable bonds is 2. The van der Waals surface area contributed by atoms with Gasteiger partial charge in [-0.3, -0.25) is 10.2 Å². The molecular formula is C18H19F3N2O. The first kappa shape index (κ1) is 16.8. The summed E-state index contributed by atoms with van der Waals surface area (Å²) in [6.07, 6.45) is -4.51. The summed E-state index contributed by atoms with van der Waals surface area (Å²) in [6, 6.07) is 8.36. The van der Waals surface area contributed by atoms with Gasteiger partial charge in [0.05, 0.1) is 5.41 Å². The van der Waals surface area contributed by atoms with E-state index in [0.29, 0.717) is 5.39 Å². The Hall–Kier alpha value is -2.08. The van der Waals surface area contributed by atoms with E-state index in [9.17, 15) is 18.0 Å². The Labute approximate surface area is 138 Å². The lowest BCUT2D eigenvalue weighted by molar-refractivity contribution is -0.191. The molecule has 3 rings (SSSR count). The zero-order valence-corrected chi connectivity index (χ0v) is 13.7. The van der Waals surface area contributed by atoms with Crippen molar-refractivity contribution in [2.24, 2.45) is 5.41 Å². The second-order valence-corrected chi connectivity index (χ2v) is 6.91. The highest BCUT2D eigenvalue weighted by molar-refractivity contribution is 5.89. The molecule has 1 aliphatic rings. The fourth-order valence-corrected chi connectivity index (χ4v) is 3.23. The van der Waals surface area contributed by atoms with Crippen molar-refractivity contribution in [2.45, 2.75) is 33.0 Å². The smallest absolute Gasteiger partial charge is 0.287 e. The summed E-state index contributed by atoms with van der Waals surface area (Å²) in [5, 5.41) is 2.35. The minimum atomic E-state index is -4.51. The molecule has 24 heavy (non-hydrogen) atoms. The molecule has 1 saturated heterocycles. The minimum Gasteiger partial charge on any atom is -0.287 e. The minimum absolute atomic E-state index is 0.00177. The summed E-state index contributed by atoms with van der Waals surface area (Å²) in [4.78, 5) is 12.0. The average Bonchev–Trinajstić information content (AvgIpc) is 2.72. The molecule has 6 heteroatoms. The van der Waals surface area contributed by atoms with Crippen LogP contribution in [0.25, 0.3) is 10.8 Å². The molecule has 1 unspecified atom stereocenters. The van der Waals surface area contributed by atoms with Crippen molar-refractivity contribution in [3.05, 3.63) is 47.5 Å². The second kappa shape index (κ2) is 5.48. The third kappa shape index (κ3) is 2.75. The van der Waals surface area contributed by atoms with Gasteiger partial charge in [0.2, 0.25) is 5.91 Å². The van der Waals surface area contributed by atoms with Crippen molar-refractivity contribution in [3.63, 3.8) is 0 Å². The van der Waals surface area contributed by atoms with Gasteiger partial charge < -0.3 is 0 Å². The van der Waals surface area contributed by atoms with Crippen LogP contribution in [0.3, 0.4) is 0 Å². The van der Waals surface area contributed by atoms with E-state index < -0.39 is 23.5 Å². The van der Waals surface area contributed by atoms with Crippen molar-refractivity contribution in [1.82, 2.24) is 10.4 Å². The number of halogens is 3. The van der Waals surface area contributed by atoms with Gasteiger partial charge in [-0.1, -0.05) is 36.4 Å². The number of nitrogens with one attached hydrogen (secondary N) is 1. The number of fused-ring (bicyclic) bond motifs is 1. The third-order valence-corrected chi connectivity index (χ3v) is 4.52. The number of hydrazine groups is 1. The number of carbonyl (C=O) groups excluding carboxylic acids is 1. The lowest BCUT2D eigenvalue weighted by Crippen LogP contribution is -2.43. The molecule has 0 bridgehead atoms. The number of hydrogen-bond donors (Lipinski definition) is 1. The lowest BCUT2D eigenvalue weighted by atomic mass is 9.92. The Kier molecular flexibility index (Phi) is 3.83. The fraction of sp³-hybridized carbons (Fsp3) is 0.389. The van der Waals surface area contributed by atoms with Crippen LogP contribution < -0.4 is 5.43 Å². The maximum atomic E-state index is 13.9. The van der Waals surface area contributed by atoms with Crippen LogP contribution in [0.15, 0.2) is 36.4 Å². The Balaban J connectivity index is 2.16. The average molecular weight is 336 g/mol.